The molecule has 0 spiro atoms. The predicted molar refractivity (Wildman–Crippen MR) is 70.1 cm³/mol. The Morgan fingerprint density at radius 1 is 1.25 bits per heavy atom. The highest BCUT2D eigenvalue weighted by Gasteiger charge is 2.22. The SMILES string of the molecule is NS(=O)(=O)c1ccc(F)c(C(=O)OC2CCCCC2)c1. The van der Waals surface area contributed by atoms with Crippen molar-refractivity contribution in [1.29, 1.82) is 0 Å². The number of nitrogens with two attached hydrogens (primary N) is 1. The fraction of sp³-hybridized carbons (Fsp3) is 0.462. The highest BCUT2D eigenvalue weighted by Crippen LogP contribution is 2.22. The van der Waals surface area contributed by atoms with Crippen LogP contribution in [-0.2, 0) is 14.8 Å². The number of sulfonamides is 1. The van der Waals surface area contributed by atoms with Crippen LogP contribution in [0.3, 0.4) is 0 Å². The number of benzene rings is 1. The van der Waals surface area contributed by atoms with Gasteiger partial charge in [-0.05, 0) is 43.9 Å². The van der Waals surface area contributed by atoms with Gasteiger partial charge in [0, 0.05) is 0 Å². The lowest BCUT2D eigenvalue weighted by atomic mass is 9.98. The molecule has 0 unspecified atom stereocenters. The van der Waals surface area contributed by atoms with Crippen molar-refractivity contribution in [1.82, 2.24) is 0 Å². The van der Waals surface area contributed by atoms with E-state index in [9.17, 15) is 17.6 Å². The second-order valence-electron chi connectivity index (χ2n) is 4.85. The standard InChI is InChI=1S/C13H16FNO4S/c14-12-7-6-10(20(15,17)18)8-11(12)13(16)19-9-4-2-1-3-5-9/h6-9H,1-5H2,(H2,15,17,18). The molecule has 1 aromatic rings. The van der Waals surface area contributed by atoms with Gasteiger partial charge in [0.05, 0.1) is 10.5 Å². The second kappa shape index (κ2) is 5.88. The van der Waals surface area contributed by atoms with Gasteiger partial charge in [0.1, 0.15) is 11.9 Å². The van der Waals surface area contributed by atoms with Gasteiger partial charge in [0.25, 0.3) is 0 Å². The van der Waals surface area contributed by atoms with E-state index in [1.165, 1.54) is 0 Å². The fourth-order valence-corrected chi connectivity index (χ4v) is 2.78. The number of halogens is 1. The van der Waals surface area contributed by atoms with Crippen LogP contribution in [0, 0.1) is 5.82 Å². The highest BCUT2D eigenvalue weighted by molar-refractivity contribution is 7.89. The van der Waals surface area contributed by atoms with Crippen molar-refractivity contribution in [3.05, 3.63) is 29.6 Å². The lowest BCUT2D eigenvalue weighted by Crippen LogP contribution is -2.22. The molecule has 1 aliphatic carbocycles. The van der Waals surface area contributed by atoms with Crippen LogP contribution in [0.5, 0.6) is 0 Å². The number of hydrogen-bond donors (Lipinski definition) is 1. The quantitative estimate of drug-likeness (QED) is 0.865. The van der Waals surface area contributed by atoms with Crippen LogP contribution in [0.2, 0.25) is 0 Å². The summed E-state index contributed by atoms with van der Waals surface area (Å²) < 4.78 is 41.3. The van der Waals surface area contributed by atoms with Gasteiger partial charge in [-0.3, -0.25) is 0 Å². The van der Waals surface area contributed by atoms with E-state index < -0.39 is 27.4 Å². The highest BCUT2D eigenvalue weighted by atomic mass is 32.2. The molecule has 1 saturated carbocycles. The fourth-order valence-electron chi connectivity index (χ4n) is 2.24. The Labute approximate surface area is 117 Å². The van der Waals surface area contributed by atoms with Crippen molar-refractivity contribution in [2.24, 2.45) is 5.14 Å². The van der Waals surface area contributed by atoms with Crippen LogP contribution in [-0.4, -0.2) is 20.5 Å². The van der Waals surface area contributed by atoms with Gasteiger partial charge >= 0.3 is 5.97 Å². The van der Waals surface area contributed by atoms with Crippen LogP contribution < -0.4 is 5.14 Å². The van der Waals surface area contributed by atoms with E-state index in [0.717, 1.165) is 50.3 Å². The average molecular weight is 301 g/mol. The van der Waals surface area contributed by atoms with Gasteiger partial charge in [-0.15, -0.1) is 0 Å². The molecule has 0 aliphatic heterocycles. The third-order valence-corrected chi connectivity index (χ3v) is 4.22. The summed E-state index contributed by atoms with van der Waals surface area (Å²) in [6.45, 7) is 0. The zero-order chi connectivity index (χ0) is 14.8. The molecule has 0 heterocycles. The molecule has 20 heavy (non-hydrogen) atoms. The van der Waals surface area contributed by atoms with Gasteiger partial charge in [-0.2, -0.15) is 0 Å². The molecule has 0 atom stereocenters. The van der Waals surface area contributed by atoms with E-state index >= 15 is 0 Å². The second-order valence-corrected chi connectivity index (χ2v) is 6.41. The molecule has 110 valence electrons. The van der Waals surface area contributed by atoms with Crippen molar-refractivity contribution in [3.63, 3.8) is 0 Å². The Morgan fingerprint density at radius 3 is 2.50 bits per heavy atom. The van der Waals surface area contributed by atoms with Crippen molar-refractivity contribution < 1.29 is 22.3 Å². The van der Waals surface area contributed by atoms with E-state index in [2.05, 4.69) is 0 Å². The number of carbonyl (C=O) groups is 1. The number of esters is 1. The van der Waals surface area contributed by atoms with Crippen molar-refractivity contribution in [2.75, 3.05) is 0 Å². The first-order chi connectivity index (χ1) is 9.38. The molecular formula is C13H16FNO4S. The van der Waals surface area contributed by atoms with Crippen molar-refractivity contribution in [3.8, 4) is 0 Å². The molecule has 1 aromatic carbocycles. The summed E-state index contributed by atoms with van der Waals surface area (Å²) in [6, 6.07) is 2.83. The van der Waals surface area contributed by atoms with Crippen LogP contribution >= 0.6 is 0 Å². The maximum atomic E-state index is 13.6. The monoisotopic (exact) mass is 301 g/mol. The van der Waals surface area contributed by atoms with Crippen molar-refractivity contribution in [2.45, 2.75) is 43.1 Å². The lowest BCUT2D eigenvalue weighted by Gasteiger charge is -2.21. The number of hydrogen-bond acceptors (Lipinski definition) is 4. The molecule has 0 radical (unpaired) electrons. The Balaban J connectivity index is 2.20. The molecule has 2 rings (SSSR count). The summed E-state index contributed by atoms with van der Waals surface area (Å²) in [5.74, 6) is -1.67. The molecule has 2 N–H and O–H groups in total. The number of rotatable bonds is 3. The van der Waals surface area contributed by atoms with Crippen LogP contribution in [0.15, 0.2) is 23.1 Å². The van der Waals surface area contributed by atoms with Gasteiger partial charge in [-0.1, -0.05) is 6.42 Å². The molecule has 0 aromatic heterocycles. The Hall–Kier alpha value is -1.47. The molecule has 1 aliphatic rings. The van der Waals surface area contributed by atoms with Crippen LogP contribution in [0.25, 0.3) is 0 Å². The summed E-state index contributed by atoms with van der Waals surface area (Å²) in [4.78, 5) is 11.6. The third-order valence-electron chi connectivity index (χ3n) is 3.31. The van der Waals surface area contributed by atoms with E-state index in [-0.39, 0.29) is 11.0 Å². The zero-order valence-electron chi connectivity index (χ0n) is 10.8. The van der Waals surface area contributed by atoms with Gasteiger partial charge in [0.15, 0.2) is 0 Å². The van der Waals surface area contributed by atoms with E-state index in [1.807, 2.05) is 0 Å². The Morgan fingerprint density at radius 2 is 1.90 bits per heavy atom. The first-order valence-corrected chi connectivity index (χ1v) is 7.96. The Kier molecular flexibility index (Phi) is 4.39. The average Bonchev–Trinajstić information content (AvgIpc) is 2.39. The molecule has 5 nitrogen and oxygen atoms in total. The summed E-state index contributed by atoms with van der Waals surface area (Å²) in [5, 5.41) is 4.96. The molecule has 0 saturated heterocycles. The first kappa shape index (κ1) is 14.9. The van der Waals surface area contributed by atoms with Gasteiger partial charge in [0.2, 0.25) is 10.0 Å². The normalized spacial score (nSPS) is 16.9. The van der Waals surface area contributed by atoms with Crippen LogP contribution in [0.4, 0.5) is 4.39 Å². The smallest absolute Gasteiger partial charge is 0.341 e. The third kappa shape index (κ3) is 3.55. The topological polar surface area (TPSA) is 86.5 Å². The number of ether oxygens (including phenoxy) is 1. The summed E-state index contributed by atoms with van der Waals surface area (Å²) in [7, 11) is -3.98. The minimum absolute atomic E-state index is 0.228. The number of primary sulfonamides is 1. The summed E-state index contributed by atoms with van der Waals surface area (Å²) >= 11 is 0. The molecular weight excluding hydrogens is 285 g/mol. The minimum Gasteiger partial charge on any atom is -0.459 e. The van der Waals surface area contributed by atoms with E-state index in [1.54, 1.807) is 0 Å². The van der Waals surface area contributed by atoms with Crippen LogP contribution in [0.1, 0.15) is 42.5 Å². The Bertz CT molecular complexity index is 609. The maximum absolute atomic E-state index is 13.6. The predicted octanol–water partition coefficient (Wildman–Crippen LogP) is 1.96. The maximum Gasteiger partial charge on any atom is 0.341 e. The lowest BCUT2D eigenvalue weighted by molar-refractivity contribution is 0.0206. The molecule has 7 heteroatoms. The van der Waals surface area contributed by atoms with E-state index in [4.69, 9.17) is 9.88 Å². The van der Waals surface area contributed by atoms with Crippen molar-refractivity contribution >= 4 is 16.0 Å². The minimum atomic E-state index is -3.98. The van der Waals surface area contributed by atoms with Gasteiger partial charge in [-0.25, -0.2) is 22.7 Å². The summed E-state index contributed by atoms with van der Waals surface area (Å²) in [6.07, 6.45) is 4.32. The first-order valence-electron chi connectivity index (χ1n) is 6.41. The van der Waals surface area contributed by atoms with Gasteiger partial charge < -0.3 is 4.74 Å². The zero-order valence-corrected chi connectivity index (χ0v) is 11.7. The van der Waals surface area contributed by atoms with E-state index in [0.29, 0.717) is 0 Å². The molecule has 0 amide bonds. The largest absolute Gasteiger partial charge is 0.459 e. The molecule has 1 fully saturated rings. The summed E-state index contributed by atoms with van der Waals surface area (Å²) in [5.41, 5.74) is -0.401. The molecule has 0 bridgehead atoms. The number of carbonyl (C=O) groups excluding carboxylic acids is 1.